The SMILES string of the molecule is C[Si](C)(C)O[Si](C)(C)C.Oc1cccc(O)c1. The standard InChI is InChI=1S/C6H6O2.C6H18OSi2/c7-5-2-1-3-6(8)4-5;1-8(2,3)7-9(4,5)6/h1-4,7-8H;1-6H3. The van der Waals surface area contributed by atoms with Crippen LogP contribution in [-0.2, 0) is 4.12 Å². The van der Waals surface area contributed by atoms with Gasteiger partial charge in [0.05, 0.1) is 0 Å². The molecular formula is C12H24O3Si2. The summed E-state index contributed by atoms with van der Waals surface area (Å²) < 4.78 is 5.90. The Kier molecular flexibility index (Phi) is 5.94. The lowest BCUT2D eigenvalue weighted by atomic mass is 10.3. The summed E-state index contributed by atoms with van der Waals surface area (Å²) in [5.41, 5.74) is 0. The van der Waals surface area contributed by atoms with Gasteiger partial charge in [0, 0.05) is 6.07 Å². The average molecular weight is 272 g/mol. The van der Waals surface area contributed by atoms with Gasteiger partial charge in [-0.3, -0.25) is 0 Å². The fourth-order valence-corrected chi connectivity index (χ4v) is 8.76. The van der Waals surface area contributed by atoms with Gasteiger partial charge >= 0.3 is 0 Å². The van der Waals surface area contributed by atoms with Crippen molar-refractivity contribution in [1.82, 2.24) is 0 Å². The minimum absolute atomic E-state index is 0.0880. The maximum Gasteiger partial charge on any atom is 0.170 e. The molecule has 0 heterocycles. The summed E-state index contributed by atoms with van der Waals surface area (Å²) in [7, 11) is -2.46. The maximum atomic E-state index is 8.65. The van der Waals surface area contributed by atoms with Crippen LogP contribution in [0.5, 0.6) is 11.5 Å². The summed E-state index contributed by atoms with van der Waals surface area (Å²) in [6.07, 6.45) is 0. The lowest BCUT2D eigenvalue weighted by molar-refractivity contribution is 0.450. The first-order chi connectivity index (χ1) is 7.49. The zero-order valence-electron chi connectivity index (χ0n) is 11.6. The van der Waals surface area contributed by atoms with Gasteiger partial charge in [-0.15, -0.1) is 0 Å². The van der Waals surface area contributed by atoms with E-state index >= 15 is 0 Å². The minimum atomic E-state index is -1.23. The van der Waals surface area contributed by atoms with Gasteiger partial charge in [0.2, 0.25) is 0 Å². The molecule has 1 rings (SSSR count). The number of hydrogen-bond donors (Lipinski definition) is 2. The van der Waals surface area contributed by atoms with Crippen LogP contribution in [0.15, 0.2) is 24.3 Å². The number of phenolic OH excluding ortho intramolecular Hbond substituents is 2. The Morgan fingerprint density at radius 1 is 0.824 bits per heavy atom. The van der Waals surface area contributed by atoms with Gasteiger partial charge in [-0.05, 0) is 51.4 Å². The second-order valence-electron chi connectivity index (χ2n) is 5.85. The molecule has 3 nitrogen and oxygen atoms in total. The van der Waals surface area contributed by atoms with Crippen molar-refractivity contribution in [2.75, 3.05) is 0 Å². The molecule has 0 aliphatic carbocycles. The summed E-state index contributed by atoms with van der Waals surface area (Å²) in [6, 6.07) is 5.85. The first kappa shape index (κ1) is 16.2. The van der Waals surface area contributed by atoms with Crippen LogP contribution in [0.3, 0.4) is 0 Å². The second kappa shape index (κ2) is 6.23. The molecular weight excluding hydrogens is 248 g/mol. The molecule has 0 amide bonds. The van der Waals surface area contributed by atoms with Crippen molar-refractivity contribution in [3.63, 3.8) is 0 Å². The van der Waals surface area contributed by atoms with Crippen molar-refractivity contribution in [3.05, 3.63) is 24.3 Å². The van der Waals surface area contributed by atoms with Crippen LogP contribution < -0.4 is 0 Å². The number of rotatable bonds is 2. The molecule has 1 aromatic rings. The van der Waals surface area contributed by atoms with E-state index in [-0.39, 0.29) is 11.5 Å². The smallest absolute Gasteiger partial charge is 0.170 e. The van der Waals surface area contributed by atoms with E-state index in [4.69, 9.17) is 14.3 Å². The van der Waals surface area contributed by atoms with E-state index in [1.165, 1.54) is 18.2 Å². The third kappa shape index (κ3) is 11.5. The monoisotopic (exact) mass is 272 g/mol. The summed E-state index contributed by atoms with van der Waals surface area (Å²) in [4.78, 5) is 0. The van der Waals surface area contributed by atoms with Crippen LogP contribution in [0.4, 0.5) is 0 Å². The van der Waals surface area contributed by atoms with Crippen molar-refractivity contribution >= 4 is 16.6 Å². The summed E-state index contributed by atoms with van der Waals surface area (Å²) in [6.45, 7) is 13.4. The first-order valence-corrected chi connectivity index (χ1v) is 12.5. The molecule has 17 heavy (non-hydrogen) atoms. The Bertz CT molecular complexity index is 311. The average Bonchev–Trinajstić information content (AvgIpc) is 1.96. The second-order valence-corrected chi connectivity index (χ2v) is 15.1. The molecule has 5 heteroatoms. The van der Waals surface area contributed by atoms with Gasteiger partial charge in [-0.2, -0.15) is 0 Å². The fraction of sp³-hybridized carbons (Fsp3) is 0.500. The number of benzene rings is 1. The summed E-state index contributed by atoms with van der Waals surface area (Å²) >= 11 is 0. The molecule has 1 aromatic carbocycles. The Hall–Kier alpha value is -0.786. The highest BCUT2D eigenvalue weighted by molar-refractivity contribution is 6.83. The van der Waals surface area contributed by atoms with Gasteiger partial charge in [-0.25, -0.2) is 0 Å². The highest BCUT2D eigenvalue weighted by atomic mass is 28.4. The lowest BCUT2D eigenvalue weighted by Crippen LogP contribution is -2.39. The van der Waals surface area contributed by atoms with E-state index in [9.17, 15) is 0 Å². The van der Waals surface area contributed by atoms with Crippen molar-refractivity contribution in [3.8, 4) is 11.5 Å². The van der Waals surface area contributed by atoms with Crippen LogP contribution in [0.2, 0.25) is 39.3 Å². The van der Waals surface area contributed by atoms with Crippen molar-refractivity contribution < 1.29 is 14.3 Å². The van der Waals surface area contributed by atoms with Gasteiger partial charge in [0.25, 0.3) is 0 Å². The fourth-order valence-electron chi connectivity index (χ4n) is 1.41. The van der Waals surface area contributed by atoms with E-state index in [1.807, 2.05) is 0 Å². The molecule has 0 saturated heterocycles. The predicted molar refractivity (Wildman–Crippen MR) is 77.5 cm³/mol. The zero-order chi connectivity index (χ0) is 13.7. The van der Waals surface area contributed by atoms with Crippen molar-refractivity contribution in [1.29, 1.82) is 0 Å². The van der Waals surface area contributed by atoms with Gasteiger partial charge in [0.15, 0.2) is 16.6 Å². The van der Waals surface area contributed by atoms with Crippen LogP contribution in [0.25, 0.3) is 0 Å². The van der Waals surface area contributed by atoms with Crippen LogP contribution >= 0.6 is 0 Å². The zero-order valence-corrected chi connectivity index (χ0v) is 13.6. The molecule has 0 atom stereocenters. The van der Waals surface area contributed by atoms with E-state index < -0.39 is 16.6 Å². The Morgan fingerprint density at radius 2 is 1.18 bits per heavy atom. The third-order valence-corrected chi connectivity index (χ3v) is 6.34. The van der Waals surface area contributed by atoms with E-state index in [2.05, 4.69) is 39.3 Å². The first-order valence-electron chi connectivity index (χ1n) is 5.68. The molecule has 0 radical (unpaired) electrons. The van der Waals surface area contributed by atoms with Crippen LogP contribution in [0.1, 0.15) is 0 Å². The normalized spacial score (nSPS) is 11.6. The quantitative estimate of drug-likeness (QED) is 0.806. The van der Waals surface area contributed by atoms with Crippen LogP contribution in [-0.4, -0.2) is 26.8 Å². The Balaban J connectivity index is 0.000000302. The molecule has 0 aliphatic rings. The number of aromatic hydroxyl groups is 2. The summed E-state index contributed by atoms with van der Waals surface area (Å²) in [5.74, 6) is 0.176. The van der Waals surface area contributed by atoms with Crippen LogP contribution in [0, 0.1) is 0 Å². The Morgan fingerprint density at radius 3 is 1.29 bits per heavy atom. The lowest BCUT2D eigenvalue weighted by Gasteiger charge is -2.27. The van der Waals surface area contributed by atoms with E-state index in [0.717, 1.165) is 0 Å². The van der Waals surface area contributed by atoms with Gasteiger partial charge < -0.3 is 14.3 Å². The maximum absolute atomic E-state index is 8.65. The molecule has 0 fully saturated rings. The van der Waals surface area contributed by atoms with Crippen molar-refractivity contribution in [2.45, 2.75) is 39.3 Å². The van der Waals surface area contributed by atoms with Gasteiger partial charge in [-0.1, -0.05) is 6.07 Å². The van der Waals surface area contributed by atoms with Crippen molar-refractivity contribution in [2.24, 2.45) is 0 Å². The molecule has 0 saturated carbocycles. The van der Waals surface area contributed by atoms with E-state index in [0.29, 0.717) is 0 Å². The Labute approximate surface area is 106 Å². The molecule has 0 unspecified atom stereocenters. The number of phenols is 2. The third-order valence-electron chi connectivity index (χ3n) is 1.44. The molecule has 0 spiro atoms. The largest absolute Gasteiger partial charge is 0.508 e. The molecule has 0 aromatic heterocycles. The number of hydrogen-bond acceptors (Lipinski definition) is 3. The molecule has 98 valence electrons. The molecule has 0 bridgehead atoms. The molecule has 2 N–H and O–H groups in total. The molecule has 0 aliphatic heterocycles. The minimum Gasteiger partial charge on any atom is -0.508 e. The van der Waals surface area contributed by atoms with E-state index in [1.54, 1.807) is 6.07 Å². The predicted octanol–water partition coefficient (Wildman–Crippen LogP) is 3.77. The highest BCUT2D eigenvalue weighted by Crippen LogP contribution is 2.15. The van der Waals surface area contributed by atoms with Gasteiger partial charge in [0.1, 0.15) is 11.5 Å². The topological polar surface area (TPSA) is 49.7 Å². The summed E-state index contributed by atoms with van der Waals surface area (Å²) in [5, 5.41) is 17.3. The highest BCUT2D eigenvalue weighted by Gasteiger charge is 2.24.